The average Bonchev–Trinajstić information content (AvgIpc) is 3.34. The number of benzene rings is 2. The standard InChI is InChI=1S/C22H19FN2O3/c23-16-6-8-20-19(12-16)15(13-25-20)10-11-24-22(26)21-9-7-18(28-21)14-27-17-4-2-1-3-5-17/h1-9,12-13,25H,10-11,14H2,(H,24,26). The van der Waals surface area contributed by atoms with Crippen molar-refractivity contribution in [1.82, 2.24) is 10.3 Å². The van der Waals surface area contributed by atoms with Crippen LogP contribution < -0.4 is 10.1 Å². The second-order valence-electron chi connectivity index (χ2n) is 6.38. The summed E-state index contributed by atoms with van der Waals surface area (Å²) >= 11 is 0. The molecule has 0 fully saturated rings. The highest BCUT2D eigenvalue weighted by Gasteiger charge is 2.12. The third-order valence-corrected chi connectivity index (χ3v) is 4.42. The summed E-state index contributed by atoms with van der Waals surface area (Å²) in [7, 11) is 0. The molecule has 6 heteroatoms. The van der Waals surface area contributed by atoms with E-state index in [2.05, 4.69) is 10.3 Å². The molecule has 0 spiro atoms. The van der Waals surface area contributed by atoms with Crippen LogP contribution in [0.5, 0.6) is 5.75 Å². The number of carbonyl (C=O) groups excluding carboxylic acids is 1. The van der Waals surface area contributed by atoms with E-state index >= 15 is 0 Å². The fraction of sp³-hybridized carbons (Fsp3) is 0.136. The van der Waals surface area contributed by atoms with Gasteiger partial charge in [-0.3, -0.25) is 4.79 Å². The molecule has 1 amide bonds. The summed E-state index contributed by atoms with van der Waals surface area (Å²) in [5.41, 5.74) is 1.82. The molecule has 0 radical (unpaired) electrons. The second-order valence-corrected chi connectivity index (χ2v) is 6.38. The van der Waals surface area contributed by atoms with Crippen LogP contribution >= 0.6 is 0 Å². The maximum absolute atomic E-state index is 13.4. The van der Waals surface area contributed by atoms with Gasteiger partial charge in [-0.2, -0.15) is 0 Å². The first kappa shape index (κ1) is 17.9. The molecule has 0 bridgehead atoms. The molecule has 0 saturated heterocycles. The highest BCUT2D eigenvalue weighted by molar-refractivity contribution is 5.91. The minimum atomic E-state index is -0.294. The summed E-state index contributed by atoms with van der Waals surface area (Å²) in [5, 5.41) is 3.65. The Bertz CT molecular complexity index is 1090. The minimum Gasteiger partial charge on any atom is -0.486 e. The van der Waals surface area contributed by atoms with Crippen molar-refractivity contribution in [2.75, 3.05) is 6.54 Å². The van der Waals surface area contributed by atoms with Crippen molar-refractivity contribution >= 4 is 16.8 Å². The van der Waals surface area contributed by atoms with E-state index in [9.17, 15) is 9.18 Å². The summed E-state index contributed by atoms with van der Waals surface area (Å²) in [4.78, 5) is 15.4. The number of nitrogens with one attached hydrogen (secondary N) is 2. The zero-order valence-electron chi connectivity index (χ0n) is 15.1. The zero-order chi connectivity index (χ0) is 19.3. The van der Waals surface area contributed by atoms with Crippen molar-refractivity contribution in [2.24, 2.45) is 0 Å². The lowest BCUT2D eigenvalue weighted by molar-refractivity contribution is 0.0922. The van der Waals surface area contributed by atoms with Gasteiger partial charge in [0.2, 0.25) is 0 Å². The Kier molecular flexibility index (Phi) is 5.10. The third kappa shape index (κ3) is 4.06. The van der Waals surface area contributed by atoms with Crippen LogP contribution in [0.3, 0.4) is 0 Å². The molecule has 0 unspecified atom stereocenters. The number of aromatic nitrogens is 1. The first-order chi connectivity index (χ1) is 13.7. The normalized spacial score (nSPS) is 10.9. The number of rotatable bonds is 7. The number of hydrogen-bond donors (Lipinski definition) is 2. The lowest BCUT2D eigenvalue weighted by atomic mass is 10.1. The number of aromatic amines is 1. The van der Waals surface area contributed by atoms with Crippen LogP contribution in [0.1, 0.15) is 21.9 Å². The Labute approximate surface area is 161 Å². The van der Waals surface area contributed by atoms with E-state index in [0.717, 1.165) is 22.2 Å². The van der Waals surface area contributed by atoms with Gasteiger partial charge in [0, 0.05) is 23.6 Å². The summed E-state index contributed by atoms with van der Waals surface area (Å²) in [5.74, 6) is 0.966. The number of hydrogen-bond acceptors (Lipinski definition) is 3. The molecular formula is C22H19FN2O3. The zero-order valence-corrected chi connectivity index (χ0v) is 15.1. The average molecular weight is 378 g/mol. The largest absolute Gasteiger partial charge is 0.486 e. The number of furan rings is 1. The van der Waals surface area contributed by atoms with E-state index in [-0.39, 0.29) is 24.1 Å². The summed E-state index contributed by atoms with van der Waals surface area (Å²) < 4.78 is 24.6. The molecule has 0 aliphatic heterocycles. The van der Waals surface area contributed by atoms with Gasteiger partial charge in [-0.1, -0.05) is 18.2 Å². The molecule has 0 aliphatic carbocycles. The van der Waals surface area contributed by atoms with Crippen molar-refractivity contribution in [3.63, 3.8) is 0 Å². The SMILES string of the molecule is O=C(NCCc1c[nH]c2ccc(F)cc12)c1ccc(COc2ccccc2)o1. The van der Waals surface area contributed by atoms with Crippen molar-refractivity contribution in [2.45, 2.75) is 13.0 Å². The summed E-state index contributed by atoms with van der Waals surface area (Å²) in [6.45, 7) is 0.664. The van der Waals surface area contributed by atoms with Gasteiger partial charge in [0.1, 0.15) is 23.9 Å². The quantitative estimate of drug-likeness (QED) is 0.499. The van der Waals surface area contributed by atoms with E-state index in [4.69, 9.17) is 9.15 Å². The van der Waals surface area contributed by atoms with Gasteiger partial charge >= 0.3 is 0 Å². The van der Waals surface area contributed by atoms with Crippen LogP contribution in [0.25, 0.3) is 10.9 Å². The van der Waals surface area contributed by atoms with Gasteiger partial charge in [0.25, 0.3) is 5.91 Å². The highest BCUT2D eigenvalue weighted by Crippen LogP contribution is 2.19. The van der Waals surface area contributed by atoms with Crippen molar-refractivity contribution in [3.05, 3.63) is 89.8 Å². The number of amides is 1. The lowest BCUT2D eigenvalue weighted by Gasteiger charge is -2.04. The number of halogens is 1. The molecule has 2 heterocycles. The Morgan fingerprint density at radius 1 is 1.11 bits per heavy atom. The number of carbonyl (C=O) groups is 1. The first-order valence-electron chi connectivity index (χ1n) is 8.99. The number of ether oxygens (including phenoxy) is 1. The van der Waals surface area contributed by atoms with Crippen LogP contribution in [0.2, 0.25) is 0 Å². The molecular weight excluding hydrogens is 359 g/mol. The van der Waals surface area contributed by atoms with Gasteiger partial charge in [-0.25, -0.2) is 4.39 Å². The summed E-state index contributed by atoms with van der Waals surface area (Å²) in [6.07, 6.45) is 2.42. The number of H-pyrrole nitrogens is 1. The van der Waals surface area contributed by atoms with Crippen molar-refractivity contribution < 1.29 is 18.3 Å². The Morgan fingerprint density at radius 3 is 2.82 bits per heavy atom. The molecule has 5 nitrogen and oxygen atoms in total. The number of fused-ring (bicyclic) bond motifs is 1. The third-order valence-electron chi connectivity index (χ3n) is 4.42. The van der Waals surface area contributed by atoms with Gasteiger partial charge in [0.05, 0.1) is 0 Å². The van der Waals surface area contributed by atoms with Gasteiger partial charge in [0.15, 0.2) is 5.76 Å². The minimum absolute atomic E-state index is 0.233. The highest BCUT2D eigenvalue weighted by atomic mass is 19.1. The number of para-hydroxylation sites is 1. The topological polar surface area (TPSA) is 67.3 Å². The fourth-order valence-corrected chi connectivity index (χ4v) is 3.00. The maximum atomic E-state index is 13.4. The Balaban J connectivity index is 1.30. The van der Waals surface area contributed by atoms with Crippen LogP contribution in [0, 0.1) is 5.82 Å². The molecule has 4 aromatic rings. The molecule has 2 N–H and O–H groups in total. The van der Waals surface area contributed by atoms with Gasteiger partial charge < -0.3 is 19.5 Å². The van der Waals surface area contributed by atoms with Crippen LogP contribution in [0.4, 0.5) is 4.39 Å². The summed E-state index contributed by atoms with van der Waals surface area (Å²) in [6, 6.07) is 17.4. The monoisotopic (exact) mass is 378 g/mol. The predicted octanol–water partition coefficient (Wildman–Crippen LogP) is 4.45. The molecule has 0 atom stereocenters. The first-order valence-corrected chi connectivity index (χ1v) is 8.99. The van der Waals surface area contributed by atoms with E-state index < -0.39 is 0 Å². The molecule has 142 valence electrons. The van der Waals surface area contributed by atoms with E-state index in [1.54, 1.807) is 18.2 Å². The van der Waals surface area contributed by atoms with Crippen LogP contribution in [0.15, 0.2) is 71.3 Å². The lowest BCUT2D eigenvalue weighted by Crippen LogP contribution is -2.25. The smallest absolute Gasteiger partial charge is 0.287 e. The predicted molar refractivity (Wildman–Crippen MR) is 104 cm³/mol. The van der Waals surface area contributed by atoms with E-state index in [1.807, 2.05) is 36.5 Å². The Hall–Kier alpha value is -3.54. The molecule has 2 aromatic carbocycles. The molecule has 28 heavy (non-hydrogen) atoms. The molecule has 0 saturated carbocycles. The molecule has 0 aliphatic rings. The fourth-order valence-electron chi connectivity index (χ4n) is 3.00. The van der Waals surface area contributed by atoms with Crippen molar-refractivity contribution in [1.29, 1.82) is 0 Å². The molecule has 4 rings (SSSR count). The Morgan fingerprint density at radius 2 is 1.96 bits per heavy atom. The maximum Gasteiger partial charge on any atom is 0.287 e. The van der Waals surface area contributed by atoms with E-state index in [1.165, 1.54) is 12.1 Å². The second kappa shape index (κ2) is 8.00. The van der Waals surface area contributed by atoms with Crippen molar-refractivity contribution in [3.8, 4) is 5.75 Å². The van der Waals surface area contributed by atoms with Crippen LogP contribution in [-0.2, 0) is 13.0 Å². The van der Waals surface area contributed by atoms with E-state index in [0.29, 0.717) is 18.7 Å². The van der Waals surface area contributed by atoms with Crippen LogP contribution in [-0.4, -0.2) is 17.4 Å². The van der Waals surface area contributed by atoms with Gasteiger partial charge in [-0.15, -0.1) is 0 Å². The molecule has 2 aromatic heterocycles. The van der Waals surface area contributed by atoms with Gasteiger partial charge in [-0.05, 0) is 54.4 Å².